The number of aliphatic hydroxyl groups excluding tert-OH is 1. The van der Waals surface area contributed by atoms with Gasteiger partial charge < -0.3 is 35.2 Å². The van der Waals surface area contributed by atoms with Crippen LogP contribution in [0.3, 0.4) is 0 Å². The minimum Gasteiger partial charge on any atom is -0.746 e. The van der Waals surface area contributed by atoms with Gasteiger partial charge >= 0.3 is 6.09 Å². The van der Waals surface area contributed by atoms with Crippen LogP contribution in [0.4, 0.5) is 4.79 Å². The Labute approximate surface area is 240 Å². The van der Waals surface area contributed by atoms with Crippen LogP contribution < -0.4 is 16.0 Å². The molecule has 0 aromatic rings. The lowest BCUT2D eigenvalue weighted by Gasteiger charge is -2.29. The number of allylic oxidation sites excluding steroid dienone is 2. The van der Waals surface area contributed by atoms with Gasteiger partial charge in [0.2, 0.25) is 17.7 Å². The fourth-order valence-corrected chi connectivity index (χ4v) is 7.10. The summed E-state index contributed by atoms with van der Waals surface area (Å²) in [6.45, 7) is 5.19. The zero-order valence-electron chi connectivity index (χ0n) is 23.5. The van der Waals surface area contributed by atoms with E-state index in [1.807, 2.05) is 18.7 Å². The Morgan fingerprint density at radius 2 is 1.98 bits per heavy atom. The fraction of sp³-hybridized carbons (Fsp3) is 0.778. The summed E-state index contributed by atoms with van der Waals surface area (Å²) in [5, 5.41) is 17.6. The van der Waals surface area contributed by atoms with Gasteiger partial charge in [0.25, 0.3) is 0 Å². The molecule has 0 radical (unpaired) electrons. The lowest BCUT2D eigenvalue weighted by atomic mass is 9.93. The van der Waals surface area contributed by atoms with Gasteiger partial charge in [0.05, 0.1) is 12.6 Å². The van der Waals surface area contributed by atoms with E-state index in [2.05, 4.69) is 28.1 Å². The summed E-state index contributed by atoms with van der Waals surface area (Å²) in [6.07, 6.45) is 6.43. The quantitative estimate of drug-likeness (QED) is 0.168. The summed E-state index contributed by atoms with van der Waals surface area (Å²) in [5.74, 6) is -0.452. The number of carbonyl (C=O) groups excluding carboxylic acids is 4. The molecule has 5 unspecified atom stereocenters. The van der Waals surface area contributed by atoms with Gasteiger partial charge in [-0.05, 0) is 55.8 Å². The number of hydrogen-bond donors (Lipinski definition) is 4. The van der Waals surface area contributed by atoms with Crippen LogP contribution in [0.1, 0.15) is 52.4 Å². The normalized spacial score (nSPS) is 29.5. The Hall–Kier alpha value is -2.71. The maximum absolute atomic E-state index is 13.1. The summed E-state index contributed by atoms with van der Waals surface area (Å²) in [6, 6.07) is -2.70. The molecule has 4 amide bonds. The number of hydrogen-bond acceptors (Lipinski definition) is 9. The molecule has 0 aromatic carbocycles. The van der Waals surface area contributed by atoms with Crippen molar-refractivity contribution in [1.29, 1.82) is 0 Å². The first-order chi connectivity index (χ1) is 19.3. The van der Waals surface area contributed by atoms with Crippen molar-refractivity contribution in [2.75, 3.05) is 26.2 Å². The van der Waals surface area contributed by atoms with Crippen LogP contribution in [0.25, 0.3) is 0 Å². The Kier molecular flexibility index (Phi) is 9.96. The van der Waals surface area contributed by atoms with E-state index in [9.17, 15) is 37.3 Å². The first-order valence-electron chi connectivity index (χ1n) is 14.4. The van der Waals surface area contributed by atoms with E-state index in [-0.39, 0.29) is 49.5 Å². The molecule has 4 rings (SSSR count). The molecule has 4 aliphatic rings. The van der Waals surface area contributed by atoms with Crippen LogP contribution in [0.2, 0.25) is 0 Å². The maximum Gasteiger partial charge on any atom is 0.407 e. The molecule has 2 bridgehead atoms. The predicted molar refractivity (Wildman–Crippen MR) is 145 cm³/mol. The van der Waals surface area contributed by atoms with Gasteiger partial charge in [0, 0.05) is 37.9 Å². The maximum atomic E-state index is 13.1. The Bertz CT molecular complexity index is 1140. The molecule has 3 fully saturated rings. The number of rotatable bonds is 13. The van der Waals surface area contributed by atoms with E-state index in [1.165, 1.54) is 0 Å². The van der Waals surface area contributed by atoms with E-state index in [4.69, 9.17) is 4.74 Å². The van der Waals surface area contributed by atoms with Crippen molar-refractivity contribution in [2.24, 2.45) is 35.5 Å². The number of ether oxygens (including phenoxy) is 1. The average molecular weight is 598 g/mol. The monoisotopic (exact) mass is 597 g/mol. The highest BCUT2D eigenvalue weighted by molar-refractivity contribution is 7.86. The standard InChI is InChI=1S/C27H42N4O9S/c1-15(2)7-21(25(34)29-22(26(35)41(37,38)39)11-19-5-6-28-24(19)33)30-27(36)40-14-17-10-23(32)31(12-17)13-20-9-16-3-4-18(20)8-16/h3-4,15-22,26,35H,5-14H2,1-2H3,(H,28,33)(H,29,34)(H,30,36)(H,37,38,39)/p-1/t16?,17?,18?,19-,20?,21-,22-,26?/m0/s1. The molecule has 1 saturated carbocycles. The summed E-state index contributed by atoms with van der Waals surface area (Å²) < 4.78 is 40.0. The first-order valence-corrected chi connectivity index (χ1v) is 15.9. The molecule has 41 heavy (non-hydrogen) atoms. The Balaban J connectivity index is 1.30. The van der Waals surface area contributed by atoms with E-state index in [1.54, 1.807) is 0 Å². The highest BCUT2D eigenvalue weighted by atomic mass is 32.2. The highest BCUT2D eigenvalue weighted by Gasteiger charge is 2.40. The van der Waals surface area contributed by atoms with Crippen molar-refractivity contribution < 1.29 is 42.0 Å². The van der Waals surface area contributed by atoms with Crippen molar-refractivity contribution >= 4 is 33.9 Å². The van der Waals surface area contributed by atoms with E-state index < -0.39 is 45.6 Å². The van der Waals surface area contributed by atoms with Crippen LogP contribution in [0, 0.1) is 35.5 Å². The number of fused-ring (bicyclic) bond motifs is 2. The number of likely N-dealkylation sites (tertiary alicyclic amines) is 1. The first kappa shape index (κ1) is 31.2. The van der Waals surface area contributed by atoms with Crippen LogP contribution in [0.15, 0.2) is 12.2 Å². The summed E-state index contributed by atoms with van der Waals surface area (Å²) in [7, 11) is -5.20. The van der Waals surface area contributed by atoms with Crippen molar-refractivity contribution in [3.8, 4) is 0 Å². The van der Waals surface area contributed by atoms with Crippen LogP contribution in [0.5, 0.6) is 0 Å². The topological polar surface area (TPSA) is 194 Å². The van der Waals surface area contributed by atoms with Gasteiger partial charge in [-0.1, -0.05) is 26.0 Å². The van der Waals surface area contributed by atoms with E-state index in [0.717, 1.165) is 12.8 Å². The third-order valence-corrected chi connectivity index (χ3v) is 9.52. The van der Waals surface area contributed by atoms with Crippen LogP contribution in [-0.4, -0.2) is 90.6 Å². The van der Waals surface area contributed by atoms with Crippen molar-refractivity contribution in [3.05, 3.63) is 12.2 Å². The average Bonchev–Trinajstić information content (AvgIpc) is 3.67. The third kappa shape index (κ3) is 8.19. The number of alkyl carbamates (subject to hydrolysis) is 1. The molecule has 2 saturated heterocycles. The summed E-state index contributed by atoms with van der Waals surface area (Å²) in [4.78, 5) is 52.2. The number of nitrogens with one attached hydrogen (secondary N) is 3. The molecule has 230 valence electrons. The Morgan fingerprint density at radius 1 is 1.22 bits per heavy atom. The largest absolute Gasteiger partial charge is 0.746 e. The van der Waals surface area contributed by atoms with Gasteiger partial charge in [0.15, 0.2) is 5.44 Å². The number of nitrogens with zero attached hydrogens (tertiary/aromatic N) is 1. The smallest absolute Gasteiger partial charge is 0.407 e. The lowest BCUT2D eigenvalue weighted by Crippen LogP contribution is -2.55. The molecule has 0 aromatic heterocycles. The van der Waals surface area contributed by atoms with Gasteiger partial charge in [0.1, 0.15) is 16.2 Å². The van der Waals surface area contributed by atoms with E-state index >= 15 is 0 Å². The second-order valence-electron chi connectivity index (χ2n) is 12.3. The molecule has 8 atom stereocenters. The minimum atomic E-state index is -5.20. The predicted octanol–water partition coefficient (Wildman–Crippen LogP) is 0.0626. The molecule has 2 aliphatic heterocycles. The second kappa shape index (κ2) is 13.1. The third-order valence-electron chi connectivity index (χ3n) is 8.60. The number of amides is 4. The number of aliphatic hydroxyl groups is 1. The van der Waals surface area contributed by atoms with Crippen molar-refractivity contribution in [2.45, 2.75) is 69.9 Å². The molecule has 2 aliphatic carbocycles. The molecular weight excluding hydrogens is 556 g/mol. The van der Waals surface area contributed by atoms with Crippen molar-refractivity contribution in [1.82, 2.24) is 20.9 Å². The van der Waals surface area contributed by atoms with Gasteiger partial charge in [-0.3, -0.25) is 14.4 Å². The fourth-order valence-electron chi connectivity index (χ4n) is 6.52. The zero-order chi connectivity index (χ0) is 29.9. The molecule has 13 nitrogen and oxygen atoms in total. The minimum absolute atomic E-state index is 0.00668. The SMILES string of the molecule is CC(C)C[C@H](NC(=O)OCC1CC(=O)N(CC2CC3C=CC2C3)C1)C(=O)N[C@@H](C[C@@H]1CCNC1=O)C(O)S(=O)(=O)[O-]. The molecule has 2 heterocycles. The molecule has 4 N–H and O–H groups in total. The van der Waals surface area contributed by atoms with Crippen LogP contribution in [-0.2, 0) is 29.2 Å². The zero-order valence-corrected chi connectivity index (χ0v) is 24.3. The van der Waals surface area contributed by atoms with Crippen LogP contribution >= 0.6 is 0 Å². The molecule has 14 heteroatoms. The summed E-state index contributed by atoms with van der Waals surface area (Å²) >= 11 is 0. The molecular formula is C27H41N4O9S-. The highest BCUT2D eigenvalue weighted by Crippen LogP contribution is 2.44. The van der Waals surface area contributed by atoms with Crippen molar-refractivity contribution in [3.63, 3.8) is 0 Å². The molecule has 0 spiro atoms. The van der Waals surface area contributed by atoms with Gasteiger partial charge in [-0.2, -0.15) is 0 Å². The van der Waals surface area contributed by atoms with Gasteiger partial charge in [-0.15, -0.1) is 0 Å². The van der Waals surface area contributed by atoms with Gasteiger partial charge in [-0.25, -0.2) is 13.2 Å². The lowest BCUT2D eigenvalue weighted by molar-refractivity contribution is -0.128. The van der Waals surface area contributed by atoms with E-state index in [0.29, 0.717) is 43.8 Å². The summed E-state index contributed by atoms with van der Waals surface area (Å²) in [5.41, 5.74) is -2.47. The Morgan fingerprint density at radius 3 is 2.56 bits per heavy atom. The second-order valence-corrected chi connectivity index (χ2v) is 13.8. The number of carbonyl (C=O) groups is 4.